The van der Waals surface area contributed by atoms with E-state index in [0.29, 0.717) is 14.3 Å². The van der Waals surface area contributed by atoms with Crippen LogP contribution in [0.2, 0.25) is 0 Å². The van der Waals surface area contributed by atoms with E-state index >= 15 is 0 Å². The molecule has 1 aromatic heterocycles. The SMILES string of the molecule is C=C/C=C(\C)PC(=C)c1ccc(-c2ncccc2F)cc1.C=CC. The highest BCUT2D eigenvalue weighted by atomic mass is 31.1. The standard InChI is InChI=1S/C18H17FNP.C3H6/c1-4-6-13(2)21-14(3)15-8-10-16(11-9-15)18-17(19)7-5-12-20-18;1-3-2/h4-12,21H,1,3H2,2H3;3H,1H2,2H3/b13-6+;. The van der Waals surface area contributed by atoms with Crippen LogP contribution in [0, 0.1) is 5.82 Å². The first kappa shape index (κ1) is 19.7. The lowest BCUT2D eigenvalue weighted by atomic mass is 10.1. The summed E-state index contributed by atoms with van der Waals surface area (Å²) in [6.07, 6.45) is 7.11. The summed E-state index contributed by atoms with van der Waals surface area (Å²) in [5.74, 6) is -0.310. The monoisotopic (exact) mass is 339 g/mol. The maximum absolute atomic E-state index is 13.7. The molecule has 0 aliphatic carbocycles. The Morgan fingerprint density at radius 1 is 1.17 bits per heavy atom. The molecule has 0 aliphatic heterocycles. The number of hydrogen-bond donors (Lipinski definition) is 0. The lowest BCUT2D eigenvalue weighted by Gasteiger charge is -2.08. The minimum atomic E-state index is -0.310. The summed E-state index contributed by atoms with van der Waals surface area (Å²) in [5.41, 5.74) is 2.21. The van der Waals surface area contributed by atoms with Crippen LogP contribution in [0.1, 0.15) is 19.4 Å². The van der Waals surface area contributed by atoms with Crippen molar-refractivity contribution in [1.29, 1.82) is 0 Å². The van der Waals surface area contributed by atoms with Crippen LogP contribution < -0.4 is 0 Å². The van der Waals surface area contributed by atoms with Crippen LogP contribution in [-0.2, 0) is 0 Å². The van der Waals surface area contributed by atoms with Crippen molar-refractivity contribution in [2.45, 2.75) is 13.8 Å². The molecule has 1 nitrogen and oxygen atoms in total. The molecule has 0 radical (unpaired) electrons. The summed E-state index contributed by atoms with van der Waals surface area (Å²) in [5, 5.41) is 2.29. The maximum Gasteiger partial charge on any atom is 0.149 e. The fourth-order valence-electron chi connectivity index (χ4n) is 1.96. The second kappa shape index (κ2) is 10.5. The van der Waals surface area contributed by atoms with Crippen molar-refractivity contribution in [3.8, 4) is 11.3 Å². The second-order valence-electron chi connectivity index (χ2n) is 5.01. The average molecular weight is 339 g/mol. The average Bonchev–Trinajstić information content (AvgIpc) is 2.56. The van der Waals surface area contributed by atoms with Crippen LogP contribution in [-0.4, -0.2) is 4.98 Å². The quantitative estimate of drug-likeness (QED) is 0.331. The minimum Gasteiger partial charge on any atom is -0.253 e. The fourth-order valence-corrected chi connectivity index (χ4v) is 2.94. The van der Waals surface area contributed by atoms with Gasteiger partial charge in [0.05, 0.1) is 0 Å². The molecule has 0 aliphatic rings. The molecule has 3 heteroatoms. The Morgan fingerprint density at radius 2 is 1.79 bits per heavy atom. The zero-order valence-electron chi connectivity index (χ0n) is 14.2. The summed E-state index contributed by atoms with van der Waals surface area (Å²) in [6.45, 7) is 15.1. The van der Waals surface area contributed by atoms with Gasteiger partial charge in [-0.1, -0.05) is 64.2 Å². The van der Waals surface area contributed by atoms with E-state index in [-0.39, 0.29) is 5.82 Å². The van der Waals surface area contributed by atoms with Gasteiger partial charge in [-0.25, -0.2) is 4.39 Å². The normalized spacial score (nSPS) is 10.9. The third-order valence-corrected chi connectivity index (χ3v) is 4.13. The van der Waals surface area contributed by atoms with Crippen LogP contribution in [0.25, 0.3) is 16.6 Å². The van der Waals surface area contributed by atoms with Crippen molar-refractivity contribution < 1.29 is 4.39 Å². The summed E-state index contributed by atoms with van der Waals surface area (Å²) in [6, 6.07) is 10.7. The first-order valence-electron chi connectivity index (χ1n) is 7.57. The smallest absolute Gasteiger partial charge is 0.149 e. The number of rotatable bonds is 5. The van der Waals surface area contributed by atoms with E-state index < -0.39 is 0 Å². The van der Waals surface area contributed by atoms with E-state index in [4.69, 9.17) is 0 Å². The Morgan fingerprint density at radius 3 is 2.33 bits per heavy atom. The third kappa shape index (κ3) is 6.06. The van der Waals surface area contributed by atoms with Gasteiger partial charge in [-0.15, -0.1) is 6.58 Å². The molecule has 0 fully saturated rings. The van der Waals surface area contributed by atoms with Gasteiger partial charge in [0.25, 0.3) is 0 Å². The van der Waals surface area contributed by atoms with Crippen LogP contribution in [0.5, 0.6) is 0 Å². The lowest BCUT2D eigenvalue weighted by Crippen LogP contribution is -1.88. The van der Waals surface area contributed by atoms with E-state index in [1.165, 1.54) is 11.4 Å². The van der Waals surface area contributed by atoms with E-state index in [9.17, 15) is 4.39 Å². The zero-order chi connectivity index (χ0) is 17.9. The molecule has 0 amide bonds. The van der Waals surface area contributed by atoms with Gasteiger partial charge in [-0.3, -0.25) is 4.98 Å². The summed E-state index contributed by atoms with van der Waals surface area (Å²) < 4.78 is 13.7. The molecule has 2 aromatic rings. The molecular weight excluding hydrogens is 316 g/mol. The summed E-state index contributed by atoms with van der Waals surface area (Å²) >= 11 is 0. The highest BCUT2D eigenvalue weighted by Crippen LogP contribution is 2.38. The third-order valence-electron chi connectivity index (χ3n) is 2.98. The molecule has 24 heavy (non-hydrogen) atoms. The van der Waals surface area contributed by atoms with Crippen molar-refractivity contribution in [1.82, 2.24) is 4.98 Å². The number of nitrogens with zero attached hydrogens (tertiary/aromatic N) is 1. The molecule has 1 heterocycles. The van der Waals surface area contributed by atoms with Crippen molar-refractivity contribution in [2.75, 3.05) is 0 Å². The molecule has 0 spiro atoms. The van der Waals surface area contributed by atoms with Crippen LogP contribution in [0.15, 0.2) is 85.9 Å². The Bertz CT molecular complexity index is 730. The van der Waals surface area contributed by atoms with Gasteiger partial charge in [0.2, 0.25) is 0 Å². The Balaban J connectivity index is 0.000000891. The maximum atomic E-state index is 13.7. The molecule has 2 rings (SSSR count). The van der Waals surface area contributed by atoms with Crippen LogP contribution in [0.4, 0.5) is 4.39 Å². The van der Waals surface area contributed by atoms with Crippen molar-refractivity contribution in [2.24, 2.45) is 0 Å². The highest BCUT2D eigenvalue weighted by Gasteiger charge is 2.06. The minimum absolute atomic E-state index is 0.310. The zero-order valence-corrected chi connectivity index (χ0v) is 15.2. The number of aromatic nitrogens is 1. The number of benzene rings is 1. The van der Waals surface area contributed by atoms with Gasteiger partial charge < -0.3 is 0 Å². The van der Waals surface area contributed by atoms with Crippen molar-refractivity contribution >= 4 is 13.9 Å². The fraction of sp³-hybridized carbons (Fsp3) is 0.0952. The lowest BCUT2D eigenvalue weighted by molar-refractivity contribution is 0.626. The number of allylic oxidation sites excluding steroid dienone is 4. The van der Waals surface area contributed by atoms with Gasteiger partial charge in [0.1, 0.15) is 11.5 Å². The predicted molar refractivity (Wildman–Crippen MR) is 107 cm³/mol. The molecule has 1 aromatic carbocycles. The highest BCUT2D eigenvalue weighted by molar-refractivity contribution is 7.54. The molecule has 0 bridgehead atoms. The largest absolute Gasteiger partial charge is 0.253 e. The second-order valence-corrected chi connectivity index (χ2v) is 6.65. The predicted octanol–water partition coefficient (Wildman–Crippen LogP) is 6.82. The van der Waals surface area contributed by atoms with Crippen LogP contribution >= 0.6 is 8.58 Å². The van der Waals surface area contributed by atoms with E-state index in [1.807, 2.05) is 37.3 Å². The van der Waals surface area contributed by atoms with E-state index in [0.717, 1.165) is 16.4 Å². The molecule has 0 saturated carbocycles. The first-order valence-corrected chi connectivity index (χ1v) is 8.57. The molecule has 0 N–H and O–H groups in total. The van der Waals surface area contributed by atoms with Gasteiger partial charge in [0, 0.05) is 11.8 Å². The summed E-state index contributed by atoms with van der Waals surface area (Å²) in [7, 11) is 0.531. The van der Waals surface area contributed by atoms with Gasteiger partial charge in [-0.05, 0) is 42.2 Å². The number of hydrogen-bond acceptors (Lipinski definition) is 1. The molecule has 124 valence electrons. The Kier molecular flexibility index (Phi) is 8.60. The van der Waals surface area contributed by atoms with Gasteiger partial charge >= 0.3 is 0 Å². The Hall–Kier alpha value is -2.31. The molecule has 1 atom stereocenters. The topological polar surface area (TPSA) is 12.9 Å². The van der Waals surface area contributed by atoms with E-state index in [2.05, 4.69) is 31.6 Å². The first-order chi connectivity index (χ1) is 11.5. The van der Waals surface area contributed by atoms with Crippen molar-refractivity contribution in [3.05, 3.63) is 97.3 Å². The molecule has 0 saturated heterocycles. The number of halogens is 1. The van der Waals surface area contributed by atoms with Gasteiger partial charge in [0.15, 0.2) is 0 Å². The van der Waals surface area contributed by atoms with Crippen LogP contribution in [0.3, 0.4) is 0 Å². The van der Waals surface area contributed by atoms with E-state index in [1.54, 1.807) is 24.4 Å². The number of pyridine rings is 1. The summed E-state index contributed by atoms with van der Waals surface area (Å²) in [4.78, 5) is 4.08. The molecular formula is C21H23FNP. The van der Waals surface area contributed by atoms with Crippen molar-refractivity contribution in [3.63, 3.8) is 0 Å². The Labute approximate surface area is 146 Å². The molecule has 1 unspecified atom stereocenters. The van der Waals surface area contributed by atoms with Gasteiger partial charge in [-0.2, -0.15) is 0 Å².